The fourth-order valence-corrected chi connectivity index (χ4v) is 2.11. The predicted molar refractivity (Wildman–Crippen MR) is 59.5 cm³/mol. The molecule has 0 fully saturated rings. The van der Waals surface area contributed by atoms with Crippen LogP contribution in [0.5, 0.6) is 0 Å². The first-order valence-electron chi connectivity index (χ1n) is 5.27. The minimum Gasteiger partial charge on any atom is -0.390 e. The molecule has 0 saturated carbocycles. The van der Waals surface area contributed by atoms with Gasteiger partial charge >= 0.3 is 0 Å². The van der Waals surface area contributed by atoms with Crippen LogP contribution in [0.25, 0.3) is 0 Å². The number of hydrogen-bond acceptors (Lipinski definition) is 2. The van der Waals surface area contributed by atoms with Crippen LogP contribution in [0.1, 0.15) is 18.9 Å². The van der Waals surface area contributed by atoms with Crippen molar-refractivity contribution in [1.82, 2.24) is 0 Å². The second-order valence-corrected chi connectivity index (χ2v) is 4.18. The highest BCUT2D eigenvalue weighted by atomic mass is 16.3. The molecule has 0 heterocycles. The average Bonchev–Trinajstić information content (AvgIpc) is 2.47. The largest absolute Gasteiger partial charge is 0.390 e. The molecule has 2 nitrogen and oxygen atoms in total. The number of hydrogen-bond donors (Lipinski definition) is 2. The van der Waals surface area contributed by atoms with Crippen molar-refractivity contribution in [3.63, 3.8) is 0 Å². The Labute approximate surface area is 89.9 Å². The van der Waals surface area contributed by atoms with E-state index < -0.39 is 12.2 Å². The molecule has 2 heteroatoms. The summed E-state index contributed by atoms with van der Waals surface area (Å²) in [4.78, 5) is 0. The summed E-state index contributed by atoms with van der Waals surface area (Å²) in [7, 11) is 0. The van der Waals surface area contributed by atoms with Gasteiger partial charge in [-0.1, -0.05) is 35.9 Å². The lowest BCUT2D eigenvalue weighted by molar-refractivity contribution is 0.0540. The topological polar surface area (TPSA) is 40.5 Å². The van der Waals surface area contributed by atoms with Crippen molar-refractivity contribution in [3.05, 3.63) is 47.0 Å². The Kier molecular flexibility index (Phi) is 2.89. The van der Waals surface area contributed by atoms with E-state index in [-0.39, 0.29) is 0 Å². The summed E-state index contributed by atoms with van der Waals surface area (Å²) in [5.74, 6) is 0. The summed E-state index contributed by atoms with van der Waals surface area (Å²) in [5, 5.41) is 19.3. The Morgan fingerprint density at radius 3 is 2.40 bits per heavy atom. The normalized spacial score (nSPS) is 26.1. The van der Waals surface area contributed by atoms with E-state index in [1.165, 1.54) is 5.56 Å². The molecular formula is C13H16O2. The van der Waals surface area contributed by atoms with Crippen LogP contribution >= 0.6 is 0 Å². The SMILES string of the molecule is CC1=C(Cc2ccccc2)C(O)C(O)C1. The second-order valence-electron chi connectivity index (χ2n) is 4.18. The molecule has 0 saturated heterocycles. The Hall–Kier alpha value is -1.12. The molecular weight excluding hydrogens is 188 g/mol. The van der Waals surface area contributed by atoms with Gasteiger partial charge in [-0.25, -0.2) is 0 Å². The lowest BCUT2D eigenvalue weighted by Crippen LogP contribution is -2.22. The van der Waals surface area contributed by atoms with Gasteiger partial charge in [0.15, 0.2) is 0 Å². The lowest BCUT2D eigenvalue weighted by Gasteiger charge is -2.12. The highest BCUT2D eigenvalue weighted by Gasteiger charge is 2.29. The smallest absolute Gasteiger partial charge is 0.102 e. The summed E-state index contributed by atoms with van der Waals surface area (Å²) in [6, 6.07) is 10.0. The third kappa shape index (κ3) is 2.11. The van der Waals surface area contributed by atoms with Gasteiger partial charge < -0.3 is 10.2 Å². The maximum absolute atomic E-state index is 9.78. The van der Waals surface area contributed by atoms with Crippen molar-refractivity contribution in [2.75, 3.05) is 0 Å². The Morgan fingerprint density at radius 1 is 1.20 bits per heavy atom. The number of benzene rings is 1. The molecule has 2 rings (SSSR count). The van der Waals surface area contributed by atoms with Crippen molar-refractivity contribution in [1.29, 1.82) is 0 Å². The molecule has 1 aromatic carbocycles. The molecule has 15 heavy (non-hydrogen) atoms. The van der Waals surface area contributed by atoms with Gasteiger partial charge in [-0.3, -0.25) is 0 Å². The zero-order chi connectivity index (χ0) is 10.8. The molecule has 0 aromatic heterocycles. The third-order valence-electron chi connectivity index (χ3n) is 3.02. The first kappa shape index (κ1) is 10.4. The minimum atomic E-state index is -0.676. The molecule has 0 aliphatic heterocycles. The van der Waals surface area contributed by atoms with E-state index in [0.717, 1.165) is 17.6 Å². The molecule has 1 aromatic rings. The van der Waals surface area contributed by atoms with Gasteiger partial charge in [0.2, 0.25) is 0 Å². The summed E-state index contributed by atoms with van der Waals surface area (Å²) < 4.78 is 0. The van der Waals surface area contributed by atoms with Gasteiger partial charge in [0.05, 0.1) is 6.10 Å². The van der Waals surface area contributed by atoms with E-state index in [1.807, 2.05) is 37.3 Å². The fraction of sp³-hybridized carbons (Fsp3) is 0.385. The van der Waals surface area contributed by atoms with Crippen LogP contribution in [-0.4, -0.2) is 22.4 Å². The standard InChI is InChI=1S/C13H16O2/c1-9-7-12(14)13(15)11(9)8-10-5-3-2-4-6-10/h2-6,12-15H,7-8H2,1H3. The first-order valence-corrected chi connectivity index (χ1v) is 5.27. The summed E-state index contributed by atoms with van der Waals surface area (Å²) >= 11 is 0. The molecule has 0 spiro atoms. The fourth-order valence-electron chi connectivity index (χ4n) is 2.11. The Balaban J connectivity index is 2.16. The van der Waals surface area contributed by atoms with Crippen molar-refractivity contribution in [3.8, 4) is 0 Å². The lowest BCUT2D eigenvalue weighted by atomic mass is 10.0. The van der Waals surface area contributed by atoms with Gasteiger partial charge in [0, 0.05) is 0 Å². The number of aliphatic hydroxyl groups excluding tert-OH is 2. The van der Waals surface area contributed by atoms with Crippen LogP contribution in [0.4, 0.5) is 0 Å². The third-order valence-corrected chi connectivity index (χ3v) is 3.02. The average molecular weight is 204 g/mol. The molecule has 1 aliphatic carbocycles. The zero-order valence-corrected chi connectivity index (χ0v) is 8.85. The molecule has 2 atom stereocenters. The van der Waals surface area contributed by atoms with Crippen molar-refractivity contribution in [2.24, 2.45) is 0 Å². The van der Waals surface area contributed by atoms with Crippen LogP contribution in [0.3, 0.4) is 0 Å². The van der Waals surface area contributed by atoms with Crippen molar-refractivity contribution in [2.45, 2.75) is 32.0 Å². The van der Waals surface area contributed by atoms with E-state index in [0.29, 0.717) is 6.42 Å². The molecule has 1 aliphatic rings. The maximum Gasteiger partial charge on any atom is 0.102 e. The minimum absolute atomic E-state index is 0.601. The second kappa shape index (κ2) is 4.17. The molecule has 0 bridgehead atoms. The van der Waals surface area contributed by atoms with Gasteiger partial charge in [0.1, 0.15) is 6.10 Å². The quantitative estimate of drug-likeness (QED) is 0.719. The Bertz CT molecular complexity index is 367. The van der Waals surface area contributed by atoms with Gasteiger partial charge in [-0.15, -0.1) is 0 Å². The van der Waals surface area contributed by atoms with Crippen LogP contribution < -0.4 is 0 Å². The molecule has 0 radical (unpaired) electrons. The zero-order valence-electron chi connectivity index (χ0n) is 8.85. The number of aliphatic hydroxyl groups is 2. The van der Waals surface area contributed by atoms with Crippen molar-refractivity contribution < 1.29 is 10.2 Å². The van der Waals surface area contributed by atoms with Crippen molar-refractivity contribution >= 4 is 0 Å². The molecule has 80 valence electrons. The number of rotatable bonds is 2. The van der Waals surface area contributed by atoms with E-state index in [1.54, 1.807) is 0 Å². The highest BCUT2D eigenvalue weighted by molar-refractivity contribution is 5.31. The van der Waals surface area contributed by atoms with Crippen LogP contribution in [0.15, 0.2) is 41.5 Å². The Morgan fingerprint density at radius 2 is 1.87 bits per heavy atom. The summed E-state index contributed by atoms with van der Waals surface area (Å²) in [5.41, 5.74) is 3.28. The molecule has 2 N–H and O–H groups in total. The van der Waals surface area contributed by atoms with E-state index in [2.05, 4.69) is 0 Å². The first-order chi connectivity index (χ1) is 7.18. The van der Waals surface area contributed by atoms with E-state index in [4.69, 9.17) is 0 Å². The predicted octanol–water partition coefficient (Wildman–Crippen LogP) is 1.67. The maximum atomic E-state index is 9.78. The van der Waals surface area contributed by atoms with E-state index in [9.17, 15) is 10.2 Å². The molecule has 0 amide bonds. The molecule has 2 unspecified atom stereocenters. The van der Waals surface area contributed by atoms with Gasteiger partial charge in [-0.05, 0) is 30.9 Å². The monoisotopic (exact) mass is 204 g/mol. The van der Waals surface area contributed by atoms with Crippen LogP contribution in [0.2, 0.25) is 0 Å². The van der Waals surface area contributed by atoms with Crippen LogP contribution in [-0.2, 0) is 6.42 Å². The summed E-state index contributed by atoms with van der Waals surface area (Å²) in [6.45, 7) is 1.98. The summed E-state index contributed by atoms with van der Waals surface area (Å²) in [6.07, 6.45) is 0.0581. The highest BCUT2D eigenvalue weighted by Crippen LogP contribution is 2.29. The van der Waals surface area contributed by atoms with Gasteiger partial charge in [-0.2, -0.15) is 0 Å². The van der Waals surface area contributed by atoms with Gasteiger partial charge in [0.25, 0.3) is 0 Å². The van der Waals surface area contributed by atoms with E-state index >= 15 is 0 Å². The van der Waals surface area contributed by atoms with Crippen LogP contribution in [0, 0.1) is 0 Å².